The van der Waals surface area contributed by atoms with Crippen LogP contribution >= 0.6 is 0 Å². The van der Waals surface area contributed by atoms with Crippen molar-refractivity contribution >= 4 is 43.4 Å². The van der Waals surface area contributed by atoms with Crippen LogP contribution in [0, 0.1) is 0 Å². The fourth-order valence-corrected chi connectivity index (χ4v) is 4.21. The molecule has 6 aromatic rings. The molecule has 0 amide bonds. The molecule has 28 heavy (non-hydrogen) atoms. The Labute approximate surface area is 162 Å². The van der Waals surface area contributed by atoms with Crippen LogP contribution < -0.4 is 0 Å². The molecule has 0 bridgehead atoms. The molecule has 2 nitrogen and oxygen atoms in total. The monoisotopic (exact) mass is 356 g/mol. The van der Waals surface area contributed by atoms with Crippen LogP contribution in [0.5, 0.6) is 0 Å². The molecule has 0 radical (unpaired) electrons. The maximum absolute atomic E-state index is 5.10. The molecule has 0 spiro atoms. The summed E-state index contributed by atoms with van der Waals surface area (Å²) in [5.41, 5.74) is 4.15. The van der Waals surface area contributed by atoms with E-state index < -0.39 is 0 Å². The third-order valence-electron chi connectivity index (χ3n) is 5.48. The Bertz CT molecular complexity index is 1510. The average Bonchev–Trinajstić information content (AvgIpc) is 2.78. The minimum atomic E-state index is 0.996. The van der Waals surface area contributed by atoms with Crippen molar-refractivity contribution in [2.24, 2.45) is 0 Å². The average molecular weight is 356 g/mol. The van der Waals surface area contributed by atoms with Gasteiger partial charge in [-0.25, -0.2) is 4.98 Å². The Morgan fingerprint density at radius 3 is 2.07 bits per heavy atom. The summed E-state index contributed by atoms with van der Waals surface area (Å²) in [6, 6.07) is 31.7. The maximum Gasteiger partial charge on any atom is 0.0795 e. The lowest BCUT2D eigenvalue weighted by Gasteiger charge is -2.13. The zero-order valence-electron chi connectivity index (χ0n) is 15.1. The summed E-state index contributed by atoms with van der Waals surface area (Å²) in [6.45, 7) is 0. The van der Waals surface area contributed by atoms with Crippen LogP contribution in [0.3, 0.4) is 0 Å². The SMILES string of the molecule is c1ccc2c(c1)cnc1cccc(-c3nc4ccccc4c4ccccc34)c12. The Hall–Kier alpha value is -3.78. The molecule has 0 saturated heterocycles. The van der Waals surface area contributed by atoms with E-state index in [4.69, 9.17) is 9.97 Å². The van der Waals surface area contributed by atoms with Crippen molar-refractivity contribution in [3.63, 3.8) is 0 Å². The molecule has 0 aliphatic heterocycles. The fourth-order valence-electron chi connectivity index (χ4n) is 4.21. The van der Waals surface area contributed by atoms with Crippen LogP contribution in [0.4, 0.5) is 0 Å². The number of benzene rings is 4. The molecule has 0 N–H and O–H groups in total. The van der Waals surface area contributed by atoms with Gasteiger partial charge in [0, 0.05) is 33.3 Å². The molecule has 2 heteroatoms. The molecule has 130 valence electrons. The Morgan fingerprint density at radius 1 is 0.500 bits per heavy atom. The Balaban J connectivity index is 1.84. The highest BCUT2D eigenvalue weighted by atomic mass is 14.7. The summed E-state index contributed by atoms with van der Waals surface area (Å²) in [4.78, 5) is 9.81. The molecule has 0 aliphatic rings. The first kappa shape index (κ1) is 15.3. The normalized spacial score (nSPS) is 11.6. The number of hydrogen-bond donors (Lipinski definition) is 0. The van der Waals surface area contributed by atoms with Crippen molar-refractivity contribution in [3.05, 3.63) is 97.2 Å². The van der Waals surface area contributed by atoms with E-state index in [0.717, 1.165) is 33.1 Å². The van der Waals surface area contributed by atoms with Crippen molar-refractivity contribution < 1.29 is 0 Å². The number of para-hydroxylation sites is 1. The summed E-state index contributed by atoms with van der Waals surface area (Å²) in [5.74, 6) is 0. The molecule has 0 unspecified atom stereocenters. The lowest BCUT2D eigenvalue weighted by Crippen LogP contribution is -1.92. The summed E-state index contributed by atoms with van der Waals surface area (Å²) < 4.78 is 0. The van der Waals surface area contributed by atoms with Gasteiger partial charge in [0.2, 0.25) is 0 Å². The summed E-state index contributed by atoms with van der Waals surface area (Å²) in [6.07, 6.45) is 1.95. The van der Waals surface area contributed by atoms with E-state index in [2.05, 4.69) is 84.9 Å². The smallest absolute Gasteiger partial charge is 0.0795 e. The van der Waals surface area contributed by atoms with Gasteiger partial charge in [-0.15, -0.1) is 0 Å². The van der Waals surface area contributed by atoms with Crippen molar-refractivity contribution in [1.82, 2.24) is 9.97 Å². The first-order chi connectivity index (χ1) is 13.9. The van der Waals surface area contributed by atoms with Gasteiger partial charge in [0.25, 0.3) is 0 Å². The van der Waals surface area contributed by atoms with Gasteiger partial charge < -0.3 is 0 Å². The minimum Gasteiger partial charge on any atom is -0.256 e. The van der Waals surface area contributed by atoms with Crippen molar-refractivity contribution in [2.45, 2.75) is 0 Å². The van der Waals surface area contributed by atoms with Crippen molar-refractivity contribution in [3.8, 4) is 11.3 Å². The van der Waals surface area contributed by atoms with Gasteiger partial charge in [-0.2, -0.15) is 0 Å². The van der Waals surface area contributed by atoms with Crippen LogP contribution in [0.2, 0.25) is 0 Å². The molecular formula is C26H16N2. The predicted molar refractivity (Wildman–Crippen MR) is 117 cm³/mol. The van der Waals surface area contributed by atoms with Crippen LogP contribution in [0.25, 0.3) is 54.6 Å². The highest BCUT2D eigenvalue weighted by Gasteiger charge is 2.14. The van der Waals surface area contributed by atoms with Gasteiger partial charge in [0.15, 0.2) is 0 Å². The first-order valence-electron chi connectivity index (χ1n) is 9.44. The van der Waals surface area contributed by atoms with E-state index in [-0.39, 0.29) is 0 Å². The second kappa shape index (κ2) is 5.86. The summed E-state index contributed by atoms with van der Waals surface area (Å²) in [7, 11) is 0. The number of hydrogen-bond acceptors (Lipinski definition) is 2. The number of aromatic nitrogens is 2. The molecule has 0 atom stereocenters. The first-order valence-corrected chi connectivity index (χ1v) is 9.44. The predicted octanol–water partition coefficient (Wildman–Crippen LogP) is 6.76. The number of rotatable bonds is 1. The van der Waals surface area contributed by atoms with E-state index in [9.17, 15) is 0 Å². The number of nitrogens with zero attached hydrogens (tertiary/aromatic N) is 2. The third-order valence-corrected chi connectivity index (χ3v) is 5.48. The highest BCUT2D eigenvalue weighted by molar-refractivity contribution is 6.17. The molecule has 2 aromatic heterocycles. The van der Waals surface area contributed by atoms with Crippen LogP contribution in [-0.2, 0) is 0 Å². The molecule has 4 aromatic carbocycles. The van der Waals surface area contributed by atoms with E-state index in [1.807, 2.05) is 12.3 Å². The molecule has 2 heterocycles. The van der Waals surface area contributed by atoms with Crippen LogP contribution in [-0.4, -0.2) is 9.97 Å². The zero-order chi connectivity index (χ0) is 18.5. The number of fused-ring (bicyclic) bond motifs is 6. The second-order valence-electron chi connectivity index (χ2n) is 7.07. The zero-order valence-corrected chi connectivity index (χ0v) is 15.1. The molecule has 6 rings (SSSR count). The summed E-state index contributed by atoms with van der Waals surface area (Å²) in [5, 5.41) is 7.10. The van der Waals surface area contributed by atoms with Gasteiger partial charge in [-0.3, -0.25) is 4.98 Å². The minimum absolute atomic E-state index is 0.996. The van der Waals surface area contributed by atoms with Crippen molar-refractivity contribution in [2.75, 3.05) is 0 Å². The standard InChI is InChI=1S/C26H16N2/c1-2-9-18-17(8-1)16-27-24-15-7-13-22(25(18)24)26-21-12-4-3-10-19(21)20-11-5-6-14-23(20)28-26/h1-16H. The van der Waals surface area contributed by atoms with Crippen LogP contribution in [0.1, 0.15) is 0 Å². The summed E-state index contributed by atoms with van der Waals surface area (Å²) >= 11 is 0. The van der Waals surface area contributed by atoms with Gasteiger partial charge in [0.05, 0.1) is 16.7 Å². The van der Waals surface area contributed by atoms with Crippen LogP contribution in [0.15, 0.2) is 97.2 Å². The lowest BCUT2D eigenvalue weighted by atomic mass is 9.95. The molecule has 0 aliphatic carbocycles. The second-order valence-corrected chi connectivity index (χ2v) is 7.07. The van der Waals surface area contributed by atoms with Gasteiger partial charge in [0.1, 0.15) is 0 Å². The Morgan fingerprint density at radius 2 is 1.18 bits per heavy atom. The number of pyridine rings is 2. The molecular weight excluding hydrogens is 340 g/mol. The van der Waals surface area contributed by atoms with E-state index in [1.54, 1.807) is 0 Å². The van der Waals surface area contributed by atoms with E-state index >= 15 is 0 Å². The Kier molecular flexibility index (Phi) is 3.20. The van der Waals surface area contributed by atoms with Gasteiger partial charge in [-0.05, 0) is 22.9 Å². The van der Waals surface area contributed by atoms with Gasteiger partial charge in [-0.1, -0.05) is 78.9 Å². The topological polar surface area (TPSA) is 25.8 Å². The quantitative estimate of drug-likeness (QED) is 0.304. The largest absolute Gasteiger partial charge is 0.256 e. The molecule has 0 saturated carbocycles. The molecule has 0 fully saturated rings. The lowest BCUT2D eigenvalue weighted by molar-refractivity contribution is 1.42. The van der Waals surface area contributed by atoms with Gasteiger partial charge >= 0.3 is 0 Å². The highest BCUT2D eigenvalue weighted by Crippen LogP contribution is 2.37. The van der Waals surface area contributed by atoms with E-state index in [0.29, 0.717) is 0 Å². The third kappa shape index (κ3) is 2.15. The van der Waals surface area contributed by atoms with Crippen molar-refractivity contribution in [1.29, 1.82) is 0 Å². The fraction of sp³-hybridized carbons (Fsp3) is 0. The van der Waals surface area contributed by atoms with E-state index in [1.165, 1.54) is 21.5 Å². The maximum atomic E-state index is 5.10.